The predicted molar refractivity (Wildman–Crippen MR) is 92.6 cm³/mol. The van der Waals surface area contributed by atoms with Crippen molar-refractivity contribution >= 4 is 5.91 Å². The van der Waals surface area contributed by atoms with Crippen molar-refractivity contribution in [2.24, 2.45) is 0 Å². The Labute approximate surface area is 144 Å². The number of aromatic nitrogens is 2. The maximum Gasteiger partial charge on any atom is 0.222 e. The fourth-order valence-electron chi connectivity index (χ4n) is 3.65. The van der Waals surface area contributed by atoms with E-state index in [1.165, 1.54) is 5.69 Å². The molecule has 6 nitrogen and oxygen atoms in total. The van der Waals surface area contributed by atoms with Crippen LogP contribution < -0.4 is 0 Å². The molecule has 0 radical (unpaired) electrons. The number of β-amino-alcohol motifs (C(OH)–C–C–N with tert-alkyl or cyclic N) is 1. The number of hydrogen-bond acceptors (Lipinski definition) is 4. The Kier molecular flexibility index (Phi) is 5.89. The monoisotopic (exact) mass is 334 g/mol. The van der Waals surface area contributed by atoms with Crippen LogP contribution in [0.3, 0.4) is 0 Å². The summed E-state index contributed by atoms with van der Waals surface area (Å²) in [4.78, 5) is 16.5. The van der Waals surface area contributed by atoms with Crippen LogP contribution >= 0.6 is 0 Å². The van der Waals surface area contributed by atoms with Crippen molar-refractivity contribution in [3.63, 3.8) is 0 Å². The molecular formula is C18H30N4O2. The average molecular weight is 334 g/mol. The van der Waals surface area contributed by atoms with Crippen LogP contribution in [-0.2, 0) is 24.3 Å². The van der Waals surface area contributed by atoms with Gasteiger partial charge in [-0.1, -0.05) is 6.92 Å². The van der Waals surface area contributed by atoms with Gasteiger partial charge in [-0.25, -0.2) is 0 Å². The molecule has 0 aromatic carbocycles. The maximum absolute atomic E-state index is 12.2. The molecule has 0 aliphatic carbocycles. The van der Waals surface area contributed by atoms with E-state index in [4.69, 9.17) is 5.10 Å². The van der Waals surface area contributed by atoms with Gasteiger partial charge in [0.2, 0.25) is 5.91 Å². The van der Waals surface area contributed by atoms with E-state index in [9.17, 15) is 9.90 Å². The summed E-state index contributed by atoms with van der Waals surface area (Å²) in [6.07, 6.45) is 5.17. The predicted octanol–water partition coefficient (Wildman–Crippen LogP) is 1.41. The molecule has 0 unspecified atom stereocenters. The third kappa shape index (κ3) is 4.36. The molecule has 24 heavy (non-hydrogen) atoms. The Morgan fingerprint density at radius 1 is 1.25 bits per heavy atom. The van der Waals surface area contributed by atoms with Gasteiger partial charge in [-0.05, 0) is 31.7 Å². The lowest BCUT2D eigenvalue weighted by Crippen LogP contribution is -2.31. The molecule has 0 saturated carbocycles. The molecule has 0 bridgehead atoms. The Bertz CT molecular complexity index is 551. The van der Waals surface area contributed by atoms with Gasteiger partial charge in [0.1, 0.15) is 0 Å². The average Bonchev–Trinajstić information content (AvgIpc) is 3.20. The van der Waals surface area contributed by atoms with Gasteiger partial charge in [-0.3, -0.25) is 14.4 Å². The van der Waals surface area contributed by atoms with Crippen LogP contribution in [0, 0.1) is 0 Å². The molecule has 1 N–H and O–H groups in total. The van der Waals surface area contributed by atoms with Crippen LogP contribution in [0.5, 0.6) is 0 Å². The van der Waals surface area contributed by atoms with Crippen molar-refractivity contribution in [2.75, 3.05) is 26.2 Å². The molecule has 6 heteroatoms. The first-order chi connectivity index (χ1) is 11.7. The summed E-state index contributed by atoms with van der Waals surface area (Å²) in [5.41, 5.74) is 2.23. The van der Waals surface area contributed by atoms with Crippen LogP contribution in [0.2, 0.25) is 0 Å². The number of aliphatic hydroxyl groups excluding tert-OH is 1. The quantitative estimate of drug-likeness (QED) is 0.855. The third-order valence-corrected chi connectivity index (χ3v) is 5.14. The van der Waals surface area contributed by atoms with E-state index in [1.54, 1.807) is 0 Å². The van der Waals surface area contributed by atoms with Crippen molar-refractivity contribution in [2.45, 2.75) is 64.6 Å². The summed E-state index contributed by atoms with van der Waals surface area (Å²) >= 11 is 0. The zero-order valence-corrected chi connectivity index (χ0v) is 14.8. The maximum atomic E-state index is 12.2. The van der Waals surface area contributed by atoms with Gasteiger partial charge in [-0.2, -0.15) is 5.10 Å². The van der Waals surface area contributed by atoms with Crippen LogP contribution in [0.25, 0.3) is 0 Å². The van der Waals surface area contributed by atoms with Crippen molar-refractivity contribution in [1.82, 2.24) is 19.6 Å². The summed E-state index contributed by atoms with van der Waals surface area (Å²) in [6, 6.07) is 2.15. The largest absolute Gasteiger partial charge is 0.392 e. The highest BCUT2D eigenvalue weighted by Gasteiger charge is 2.20. The summed E-state index contributed by atoms with van der Waals surface area (Å²) < 4.78 is 2.09. The summed E-state index contributed by atoms with van der Waals surface area (Å²) in [5, 5.41) is 14.6. The first-order valence-corrected chi connectivity index (χ1v) is 9.39. The second-order valence-electron chi connectivity index (χ2n) is 7.09. The normalized spacial score (nSPS) is 20.0. The molecule has 3 heterocycles. The molecule has 3 rings (SSSR count). The van der Waals surface area contributed by atoms with E-state index in [1.807, 2.05) is 11.8 Å². The van der Waals surface area contributed by atoms with Crippen LogP contribution in [0.4, 0.5) is 0 Å². The van der Waals surface area contributed by atoms with Crippen LogP contribution in [0.1, 0.15) is 50.4 Å². The molecule has 0 spiro atoms. The number of rotatable bonds is 6. The van der Waals surface area contributed by atoms with Gasteiger partial charge in [0.05, 0.1) is 17.5 Å². The Hall–Kier alpha value is -1.40. The second-order valence-corrected chi connectivity index (χ2v) is 7.09. The zero-order valence-electron chi connectivity index (χ0n) is 14.8. The number of hydrogen-bond donors (Lipinski definition) is 1. The highest BCUT2D eigenvalue weighted by Crippen LogP contribution is 2.16. The zero-order chi connectivity index (χ0) is 16.9. The number of carbonyl (C=O) groups is 1. The van der Waals surface area contributed by atoms with Crippen LogP contribution in [-0.4, -0.2) is 62.9 Å². The fraction of sp³-hybridized carbons (Fsp3) is 0.778. The lowest BCUT2D eigenvalue weighted by molar-refractivity contribution is -0.130. The number of likely N-dealkylation sites (tertiary alicyclic amines) is 1. The summed E-state index contributed by atoms with van der Waals surface area (Å²) in [7, 11) is 0. The van der Waals surface area contributed by atoms with Crippen molar-refractivity contribution < 1.29 is 9.90 Å². The molecular weight excluding hydrogens is 304 g/mol. The van der Waals surface area contributed by atoms with Gasteiger partial charge < -0.3 is 10.0 Å². The van der Waals surface area contributed by atoms with E-state index in [0.717, 1.165) is 77.1 Å². The molecule has 2 aliphatic rings. The van der Waals surface area contributed by atoms with Gasteiger partial charge in [0.25, 0.3) is 0 Å². The molecule has 134 valence electrons. The van der Waals surface area contributed by atoms with Gasteiger partial charge in [-0.15, -0.1) is 0 Å². The Morgan fingerprint density at radius 3 is 2.79 bits per heavy atom. The van der Waals surface area contributed by atoms with E-state index >= 15 is 0 Å². The first kappa shape index (κ1) is 17.4. The number of amides is 1. The van der Waals surface area contributed by atoms with Crippen LogP contribution in [0.15, 0.2) is 6.07 Å². The van der Waals surface area contributed by atoms with Gasteiger partial charge >= 0.3 is 0 Å². The smallest absolute Gasteiger partial charge is 0.222 e. The number of aryl methyl sites for hydroxylation is 2. The molecule has 1 amide bonds. The Balaban J connectivity index is 1.56. The van der Waals surface area contributed by atoms with E-state index in [0.29, 0.717) is 6.42 Å². The fourth-order valence-corrected chi connectivity index (χ4v) is 3.65. The molecule has 2 aliphatic heterocycles. The van der Waals surface area contributed by atoms with E-state index < -0.39 is 0 Å². The lowest BCUT2D eigenvalue weighted by atomic mass is 10.2. The number of nitrogens with zero attached hydrogens (tertiary/aromatic N) is 4. The number of aliphatic hydroxyl groups is 1. The minimum Gasteiger partial charge on any atom is -0.392 e. The van der Waals surface area contributed by atoms with Gasteiger partial charge in [0, 0.05) is 52.1 Å². The van der Waals surface area contributed by atoms with Crippen molar-refractivity contribution in [3.8, 4) is 0 Å². The molecule has 1 aromatic heterocycles. The SMILES string of the molecule is CC[C@H](O)CN1CCCn2nc(CCC(=O)N3CCCC3)cc2C1. The van der Waals surface area contributed by atoms with Gasteiger partial charge in [0.15, 0.2) is 0 Å². The minimum atomic E-state index is -0.253. The number of carbonyl (C=O) groups excluding carboxylic acids is 1. The molecule has 1 atom stereocenters. The molecule has 1 aromatic rings. The highest BCUT2D eigenvalue weighted by molar-refractivity contribution is 5.76. The summed E-state index contributed by atoms with van der Waals surface area (Å²) in [5.74, 6) is 0.267. The van der Waals surface area contributed by atoms with Crippen molar-refractivity contribution in [1.29, 1.82) is 0 Å². The highest BCUT2D eigenvalue weighted by atomic mass is 16.3. The second kappa shape index (κ2) is 8.12. The minimum absolute atomic E-state index is 0.253. The van der Waals surface area contributed by atoms with E-state index in [2.05, 4.69) is 15.6 Å². The molecule has 1 saturated heterocycles. The summed E-state index contributed by atoms with van der Waals surface area (Å²) in [6.45, 7) is 7.36. The first-order valence-electron chi connectivity index (χ1n) is 9.39. The Morgan fingerprint density at radius 2 is 2.04 bits per heavy atom. The van der Waals surface area contributed by atoms with Crippen molar-refractivity contribution in [3.05, 3.63) is 17.5 Å². The van der Waals surface area contributed by atoms with E-state index in [-0.39, 0.29) is 12.0 Å². The lowest BCUT2D eigenvalue weighted by Gasteiger charge is -2.22. The third-order valence-electron chi connectivity index (χ3n) is 5.14. The number of fused-ring (bicyclic) bond motifs is 1. The topological polar surface area (TPSA) is 61.6 Å². The standard InChI is InChI=1S/C18H30N4O2/c1-2-17(23)14-20-8-5-11-22-16(13-20)12-15(19-22)6-7-18(24)21-9-3-4-10-21/h12,17,23H,2-11,13-14H2,1H3/t17-/m0/s1. The molecule has 1 fully saturated rings.